The Hall–Kier alpha value is -1.15. The Kier molecular flexibility index (Phi) is 3.63. The van der Waals surface area contributed by atoms with Gasteiger partial charge in [0, 0.05) is 11.5 Å². The summed E-state index contributed by atoms with van der Waals surface area (Å²) in [7, 11) is 0. The standard InChI is InChI=1S/C15H21NO/c1-10-8-11(2)14(12(3)9-10)15(17)13-4-6-16-7-5-13/h8-9,13,16H,4-7H2,1-3H3. The van der Waals surface area contributed by atoms with Crippen molar-refractivity contribution in [3.8, 4) is 0 Å². The summed E-state index contributed by atoms with van der Waals surface area (Å²) in [6.07, 6.45) is 1.96. The highest BCUT2D eigenvalue weighted by Crippen LogP contribution is 2.24. The third kappa shape index (κ3) is 2.58. The van der Waals surface area contributed by atoms with E-state index in [0.29, 0.717) is 5.78 Å². The lowest BCUT2D eigenvalue weighted by atomic mass is 9.85. The van der Waals surface area contributed by atoms with Crippen LogP contribution in [0.2, 0.25) is 0 Å². The van der Waals surface area contributed by atoms with Crippen LogP contribution in [0.1, 0.15) is 39.9 Å². The van der Waals surface area contributed by atoms with Crippen LogP contribution in [0.5, 0.6) is 0 Å². The number of piperidine rings is 1. The van der Waals surface area contributed by atoms with Gasteiger partial charge in [0.1, 0.15) is 0 Å². The van der Waals surface area contributed by atoms with Gasteiger partial charge < -0.3 is 5.32 Å². The largest absolute Gasteiger partial charge is 0.317 e. The molecule has 2 nitrogen and oxygen atoms in total. The van der Waals surface area contributed by atoms with E-state index in [1.54, 1.807) is 0 Å². The number of hydrogen-bond acceptors (Lipinski definition) is 2. The van der Waals surface area contributed by atoms with E-state index in [1.807, 2.05) is 13.8 Å². The molecule has 1 aromatic carbocycles. The molecule has 0 saturated carbocycles. The van der Waals surface area contributed by atoms with E-state index in [4.69, 9.17) is 0 Å². The average Bonchev–Trinajstić information content (AvgIpc) is 2.28. The van der Waals surface area contributed by atoms with E-state index < -0.39 is 0 Å². The number of ketones is 1. The van der Waals surface area contributed by atoms with Crippen molar-refractivity contribution in [1.29, 1.82) is 0 Å². The first-order chi connectivity index (χ1) is 8.09. The van der Waals surface area contributed by atoms with E-state index >= 15 is 0 Å². The highest BCUT2D eigenvalue weighted by atomic mass is 16.1. The topological polar surface area (TPSA) is 29.1 Å². The summed E-state index contributed by atoms with van der Waals surface area (Å²) in [5.74, 6) is 0.567. The second-order valence-electron chi connectivity index (χ2n) is 5.16. The molecule has 0 spiro atoms. The molecule has 1 fully saturated rings. The molecule has 0 unspecified atom stereocenters. The van der Waals surface area contributed by atoms with Crippen molar-refractivity contribution in [3.63, 3.8) is 0 Å². The van der Waals surface area contributed by atoms with Gasteiger partial charge in [-0.1, -0.05) is 17.7 Å². The van der Waals surface area contributed by atoms with Crippen molar-refractivity contribution < 1.29 is 4.79 Å². The summed E-state index contributed by atoms with van der Waals surface area (Å²) in [6, 6.07) is 4.22. The number of rotatable bonds is 2. The fourth-order valence-corrected chi connectivity index (χ4v) is 2.86. The molecule has 1 aliphatic rings. The molecule has 0 aliphatic carbocycles. The van der Waals surface area contributed by atoms with E-state index in [9.17, 15) is 4.79 Å². The second-order valence-corrected chi connectivity index (χ2v) is 5.16. The Labute approximate surface area is 103 Å². The number of carbonyl (C=O) groups is 1. The molecule has 2 heteroatoms. The number of carbonyl (C=O) groups excluding carboxylic acids is 1. The van der Waals surface area contributed by atoms with Crippen molar-refractivity contribution in [3.05, 3.63) is 34.4 Å². The molecule has 92 valence electrons. The van der Waals surface area contributed by atoms with Crippen LogP contribution in [-0.2, 0) is 0 Å². The second kappa shape index (κ2) is 5.01. The monoisotopic (exact) mass is 231 g/mol. The normalized spacial score (nSPS) is 17.1. The van der Waals surface area contributed by atoms with E-state index in [2.05, 4.69) is 24.4 Å². The summed E-state index contributed by atoms with van der Waals surface area (Å²) in [4.78, 5) is 12.5. The number of aryl methyl sites for hydroxylation is 3. The quantitative estimate of drug-likeness (QED) is 0.793. The maximum atomic E-state index is 12.5. The van der Waals surface area contributed by atoms with E-state index in [0.717, 1.165) is 42.6 Å². The van der Waals surface area contributed by atoms with Gasteiger partial charge in [-0.15, -0.1) is 0 Å². The van der Waals surface area contributed by atoms with Crippen LogP contribution in [0.25, 0.3) is 0 Å². The van der Waals surface area contributed by atoms with Gasteiger partial charge in [0.05, 0.1) is 0 Å². The van der Waals surface area contributed by atoms with Crippen molar-refractivity contribution in [2.45, 2.75) is 33.6 Å². The highest BCUT2D eigenvalue weighted by molar-refractivity contribution is 6.00. The minimum Gasteiger partial charge on any atom is -0.317 e. The van der Waals surface area contributed by atoms with Crippen molar-refractivity contribution in [1.82, 2.24) is 5.32 Å². The fraction of sp³-hybridized carbons (Fsp3) is 0.533. The van der Waals surface area contributed by atoms with Crippen molar-refractivity contribution in [2.24, 2.45) is 5.92 Å². The summed E-state index contributed by atoms with van der Waals surface area (Å²) in [5.41, 5.74) is 4.46. The summed E-state index contributed by atoms with van der Waals surface area (Å²) < 4.78 is 0. The van der Waals surface area contributed by atoms with Gasteiger partial charge in [-0.25, -0.2) is 0 Å². The molecule has 17 heavy (non-hydrogen) atoms. The smallest absolute Gasteiger partial charge is 0.166 e. The predicted molar refractivity (Wildman–Crippen MR) is 70.6 cm³/mol. The highest BCUT2D eigenvalue weighted by Gasteiger charge is 2.24. The van der Waals surface area contributed by atoms with Crippen molar-refractivity contribution in [2.75, 3.05) is 13.1 Å². The SMILES string of the molecule is Cc1cc(C)c(C(=O)C2CCNCC2)c(C)c1. The van der Waals surface area contributed by atoms with Crippen LogP contribution < -0.4 is 5.32 Å². The lowest BCUT2D eigenvalue weighted by Crippen LogP contribution is -2.32. The van der Waals surface area contributed by atoms with Gasteiger partial charge in [0.2, 0.25) is 0 Å². The Morgan fingerprint density at radius 1 is 1.12 bits per heavy atom. The molecule has 0 aromatic heterocycles. The minimum absolute atomic E-state index is 0.219. The van der Waals surface area contributed by atoms with Gasteiger partial charge in [-0.3, -0.25) is 4.79 Å². The Morgan fingerprint density at radius 2 is 1.65 bits per heavy atom. The Morgan fingerprint density at radius 3 is 2.18 bits per heavy atom. The molecule has 0 amide bonds. The molecule has 2 rings (SSSR count). The summed E-state index contributed by atoms with van der Waals surface area (Å²) in [6.45, 7) is 8.13. The molecular formula is C15H21NO. The molecule has 0 atom stereocenters. The van der Waals surface area contributed by atoms with Crippen LogP contribution in [0.15, 0.2) is 12.1 Å². The molecule has 0 radical (unpaired) electrons. The molecule has 0 bridgehead atoms. The van der Waals surface area contributed by atoms with Gasteiger partial charge in [0.25, 0.3) is 0 Å². The third-order valence-electron chi connectivity index (χ3n) is 3.63. The van der Waals surface area contributed by atoms with Crippen LogP contribution in [0, 0.1) is 26.7 Å². The van der Waals surface area contributed by atoms with Crippen LogP contribution >= 0.6 is 0 Å². The molecule has 1 aliphatic heterocycles. The lowest BCUT2D eigenvalue weighted by Gasteiger charge is -2.23. The van der Waals surface area contributed by atoms with Crippen LogP contribution in [-0.4, -0.2) is 18.9 Å². The molecule has 1 saturated heterocycles. The third-order valence-corrected chi connectivity index (χ3v) is 3.63. The van der Waals surface area contributed by atoms with Gasteiger partial charge in [-0.05, 0) is 57.8 Å². The van der Waals surface area contributed by atoms with Gasteiger partial charge in [-0.2, -0.15) is 0 Å². The zero-order valence-corrected chi connectivity index (χ0v) is 11.0. The summed E-state index contributed by atoms with van der Waals surface area (Å²) >= 11 is 0. The number of hydrogen-bond donors (Lipinski definition) is 1. The zero-order chi connectivity index (χ0) is 12.4. The van der Waals surface area contributed by atoms with Gasteiger partial charge in [0.15, 0.2) is 5.78 Å². The fourth-order valence-electron chi connectivity index (χ4n) is 2.86. The minimum atomic E-state index is 0.219. The number of nitrogens with one attached hydrogen (secondary N) is 1. The zero-order valence-electron chi connectivity index (χ0n) is 11.0. The van der Waals surface area contributed by atoms with Crippen molar-refractivity contribution >= 4 is 5.78 Å². The molecular weight excluding hydrogens is 210 g/mol. The summed E-state index contributed by atoms with van der Waals surface area (Å²) in [5, 5.41) is 3.31. The average molecular weight is 231 g/mol. The Balaban J connectivity index is 2.30. The van der Waals surface area contributed by atoms with Crippen LogP contribution in [0.4, 0.5) is 0 Å². The van der Waals surface area contributed by atoms with E-state index in [1.165, 1.54) is 5.56 Å². The van der Waals surface area contributed by atoms with Crippen LogP contribution in [0.3, 0.4) is 0 Å². The number of Topliss-reactive ketones (excluding diaryl/α,β-unsaturated/α-hetero) is 1. The maximum Gasteiger partial charge on any atom is 0.166 e. The predicted octanol–water partition coefficient (Wildman–Crippen LogP) is 2.79. The Bertz CT molecular complexity index is 408. The first-order valence-corrected chi connectivity index (χ1v) is 6.42. The first kappa shape index (κ1) is 12.3. The lowest BCUT2D eigenvalue weighted by molar-refractivity contribution is 0.0894. The molecule has 1 heterocycles. The molecule has 1 aromatic rings. The maximum absolute atomic E-state index is 12.5. The number of benzene rings is 1. The first-order valence-electron chi connectivity index (χ1n) is 6.42. The van der Waals surface area contributed by atoms with Gasteiger partial charge >= 0.3 is 0 Å². The molecule has 1 N–H and O–H groups in total. The van der Waals surface area contributed by atoms with E-state index in [-0.39, 0.29) is 5.92 Å².